The normalized spacial score (nSPS) is 10.0. The predicted octanol–water partition coefficient (Wildman–Crippen LogP) is 2.04. The number of aryl methyl sites for hydroxylation is 1. The first-order chi connectivity index (χ1) is 7.54. The van der Waals surface area contributed by atoms with Gasteiger partial charge in [-0.1, -0.05) is 17.7 Å². The largest absolute Gasteiger partial charge is 0.415 e. The molecular weight excluding hydrogens is 228 g/mol. The topological polar surface area (TPSA) is 55.6 Å². The van der Waals surface area contributed by atoms with Gasteiger partial charge in [0, 0.05) is 20.1 Å². The summed E-state index contributed by atoms with van der Waals surface area (Å²) < 4.78 is 5.14. The van der Waals surface area contributed by atoms with Crippen molar-refractivity contribution in [2.75, 3.05) is 20.1 Å². The van der Waals surface area contributed by atoms with Crippen LogP contribution in [0.3, 0.4) is 0 Å². The summed E-state index contributed by atoms with van der Waals surface area (Å²) in [5.74, 6) is 0.371. The van der Waals surface area contributed by atoms with Crippen LogP contribution >= 0.6 is 11.6 Å². The molecule has 0 atom stereocenters. The Morgan fingerprint density at radius 1 is 1.56 bits per heavy atom. The van der Waals surface area contributed by atoms with Crippen LogP contribution in [0.5, 0.6) is 5.75 Å². The molecule has 1 aromatic rings. The molecule has 0 fully saturated rings. The molecule has 1 rings (SSSR count). The highest BCUT2D eigenvalue weighted by molar-refractivity contribution is 6.32. The van der Waals surface area contributed by atoms with Crippen LogP contribution in [0.25, 0.3) is 0 Å². The minimum Gasteiger partial charge on any atom is -0.409 e. The lowest BCUT2D eigenvalue weighted by atomic mass is 10.2. The number of rotatable bonds is 3. The van der Waals surface area contributed by atoms with Gasteiger partial charge in [0.2, 0.25) is 0 Å². The summed E-state index contributed by atoms with van der Waals surface area (Å²) in [7, 11) is 1.62. The number of halogens is 1. The van der Waals surface area contributed by atoms with E-state index in [0.717, 1.165) is 5.56 Å². The van der Waals surface area contributed by atoms with Crippen molar-refractivity contribution in [3.05, 3.63) is 28.8 Å². The molecule has 0 aliphatic carbocycles. The van der Waals surface area contributed by atoms with E-state index in [9.17, 15) is 4.79 Å². The van der Waals surface area contributed by atoms with Crippen molar-refractivity contribution >= 4 is 17.7 Å². The lowest BCUT2D eigenvalue weighted by Gasteiger charge is -2.16. The summed E-state index contributed by atoms with van der Waals surface area (Å²) in [6.45, 7) is 2.74. The van der Waals surface area contributed by atoms with Crippen LogP contribution in [0, 0.1) is 6.92 Å². The van der Waals surface area contributed by atoms with Gasteiger partial charge in [-0.3, -0.25) is 0 Å². The number of carbonyl (C=O) groups is 1. The Morgan fingerprint density at radius 2 is 2.25 bits per heavy atom. The number of nitrogens with two attached hydrogens (primary N) is 1. The monoisotopic (exact) mass is 242 g/mol. The maximum absolute atomic E-state index is 11.6. The maximum atomic E-state index is 11.6. The predicted molar refractivity (Wildman–Crippen MR) is 63.9 cm³/mol. The zero-order valence-electron chi connectivity index (χ0n) is 9.37. The van der Waals surface area contributed by atoms with Gasteiger partial charge in [-0.25, -0.2) is 4.79 Å². The molecule has 88 valence electrons. The Bertz CT molecular complexity index is 382. The fourth-order valence-corrected chi connectivity index (χ4v) is 1.30. The smallest absolute Gasteiger partial charge is 0.409 e. The fourth-order valence-electron chi connectivity index (χ4n) is 1.15. The molecule has 1 aromatic carbocycles. The third-order valence-corrected chi connectivity index (χ3v) is 2.37. The number of hydrogen-bond donors (Lipinski definition) is 1. The summed E-state index contributed by atoms with van der Waals surface area (Å²) >= 11 is 5.90. The SMILES string of the molecule is Cc1ccc(Cl)c(OC(=O)N(C)CCN)c1. The molecule has 1 amide bonds. The summed E-state index contributed by atoms with van der Waals surface area (Å²) in [4.78, 5) is 13.0. The van der Waals surface area contributed by atoms with Crippen molar-refractivity contribution in [2.45, 2.75) is 6.92 Å². The maximum Gasteiger partial charge on any atom is 0.415 e. The van der Waals surface area contributed by atoms with Crippen LogP contribution in [-0.2, 0) is 0 Å². The zero-order chi connectivity index (χ0) is 12.1. The molecular formula is C11H15ClN2O2. The van der Waals surface area contributed by atoms with Crippen LogP contribution in [0.2, 0.25) is 5.02 Å². The van der Waals surface area contributed by atoms with Crippen LogP contribution < -0.4 is 10.5 Å². The van der Waals surface area contributed by atoms with Gasteiger partial charge in [0.15, 0.2) is 5.75 Å². The van der Waals surface area contributed by atoms with Gasteiger partial charge < -0.3 is 15.4 Å². The van der Waals surface area contributed by atoms with Gasteiger partial charge in [-0.2, -0.15) is 0 Å². The zero-order valence-corrected chi connectivity index (χ0v) is 10.1. The summed E-state index contributed by atoms with van der Waals surface area (Å²) in [5, 5.41) is 0.417. The first-order valence-electron chi connectivity index (χ1n) is 4.93. The minimum atomic E-state index is -0.460. The van der Waals surface area contributed by atoms with E-state index in [4.69, 9.17) is 22.1 Å². The molecule has 0 saturated carbocycles. The van der Waals surface area contributed by atoms with E-state index in [1.165, 1.54) is 4.90 Å². The van der Waals surface area contributed by atoms with Crippen LogP contribution in [0.15, 0.2) is 18.2 Å². The van der Waals surface area contributed by atoms with Gasteiger partial charge >= 0.3 is 6.09 Å². The quantitative estimate of drug-likeness (QED) is 0.883. The highest BCUT2D eigenvalue weighted by atomic mass is 35.5. The van der Waals surface area contributed by atoms with Crippen molar-refractivity contribution in [3.8, 4) is 5.75 Å². The Morgan fingerprint density at radius 3 is 2.88 bits per heavy atom. The molecule has 0 saturated heterocycles. The number of amides is 1. The van der Waals surface area contributed by atoms with Crippen molar-refractivity contribution in [2.24, 2.45) is 5.73 Å². The molecule has 0 bridgehead atoms. The van der Waals surface area contributed by atoms with E-state index in [0.29, 0.717) is 23.9 Å². The Labute approximate surface area is 99.9 Å². The Hall–Kier alpha value is -1.26. The van der Waals surface area contributed by atoms with Crippen molar-refractivity contribution in [1.82, 2.24) is 4.90 Å². The standard InChI is InChI=1S/C11H15ClN2O2/c1-8-3-4-9(12)10(7-8)16-11(15)14(2)6-5-13/h3-4,7H,5-6,13H2,1-2H3. The van der Waals surface area contributed by atoms with Gasteiger partial charge in [-0.05, 0) is 24.6 Å². The molecule has 0 spiro atoms. The minimum absolute atomic E-state index is 0.371. The molecule has 0 heterocycles. The molecule has 0 aliphatic rings. The molecule has 0 radical (unpaired) electrons. The average molecular weight is 243 g/mol. The summed E-state index contributed by atoms with van der Waals surface area (Å²) in [6.07, 6.45) is -0.460. The molecule has 4 nitrogen and oxygen atoms in total. The molecule has 16 heavy (non-hydrogen) atoms. The molecule has 5 heteroatoms. The van der Waals surface area contributed by atoms with Gasteiger partial charge in [0.1, 0.15) is 0 Å². The Kier molecular flexibility index (Phi) is 4.58. The highest BCUT2D eigenvalue weighted by Gasteiger charge is 2.12. The fraction of sp³-hybridized carbons (Fsp3) is 0.364. The van der Waals surface area contributed by atoms with Crippen LogP contribution in [-0.4, -0.2) is 31.1 Å². The number of nitrogens with zero attached hydrogens (tertiary/aromatic N) is 1. The second kappa shape index (κ2) is 5.72. The first-order valence-corrected chi connectivity index (χ1v) is 5.31. The average Bonchev–Trinajstić information content (AvgIpc) is 2.23. The van der Waals surface area contributed by atoms with Crippen LogP contribution in [0.4, 0.5) is 4.79 Å². The molecule has 0 aliphatic heterocycles. The lowest BCUT2D eigenvalue weighted by molar-refractivity contribution is 0.164. The van der Waals surface area contributed by atoms with E-state index >= 15 is 0 Å². The number of benzene rings is 1. The lowest BCUT2D eigenvalue weighted by Crippen LogP contribution is -2.33. The Balaban J connectivity index is 2.72. The van der Waals surface area contributed by atoms with E-state index in [1.54, 1.807) is 19.2 Å². The van der Waals surface area contributed by atoms with E-state index in [2.05, 4.69) is 0 Å². The third kappa shape index (κ3) is 3.40. The second-order valence-electron chi connectivity index (χ2n) is 3.51. The van der Waals surface area contributed by atoms with Gasteiger partial charge in [-0.15, -0.1) is 0 Å². The first kappa shape index (κ1) is 12.8. The number of ether oxygens (including phenoxy) is 1. The molecule has 2 N–H and O–H groups in total. The van der Waals surface area contributed by atoms with Gasteiger partial charge in [0.05, 0.1) is 5.02 Å². The second-order valence-corrected chi connectivity index (χ2v) is 3.92. The van der Waals surface area contributed by atoms with Gasteiger partial charge in [0.25, 0.3) is 0 Å². The number of carbonyl (C=O) groups excluding carboxylic acids is 1. The van der Waals surface area contributed by atoms with Crippen molar-refractivity contribution in [1.29, 1.82) is 0 Å². The van der Waals surface area contributed by atoms with E-state index in [1.807, 2.05) is 13.0 Å². The molecule has 0 aromatic heterocycles. The van der Waals surface area contributed by atoms with Crippen LogP contribution in [0.1, 0.15) is 5.56 Å². The van der Waals surface area contributed by atoms with Crippen molar-refractivity contribution in [3.63, 3.8) is 0 Å². The van der Waals surface area contributed by atoms with E-state index < -0.39 is 6.09 Å². The third-order valence-electron chi connectivity index (χ3n) is 2.06. The summed E-state index contributed by atoms with van der Waals surface area (Å²) in [6, 6.07) is 5.27. The number of likely N-dealkylation sites (N-methyl/N-ethyl adjacent to an activating group) is 1. The van der Waals surface area contributed by atoms with Crippen molar-refractivity contribution < 1.29 is 9.53 Å². The highest BCUT2D eigenvalue weighted by Crippen LogP contribution is 2.25. The van der Waals surface area contributed by atoms with E-state index in [-0.39, 0.29) is 0 Å². The molecule has 0 unspecified atom stereocenters. The summed E-state index contributed by atoms with van der Waals surface area (Å²) in [5.41, 5.74) is 6.32. The number of hydrogen-bond acceptors (Lipinski definition) is 3.